The number of hydrogen-bond acceptors (Lipinski definition) is 6. The Hall–Kier alpha value is -3.74. The van der Waals surface area contributed by atoms with Gasteiger partial charge >= 0.3 is 5.97 Å². The maximum absolute atomic E-state index is 12.8. The number of terminal acetylenes is 1. The van der Waals surface area contributed by atoms with Gasteiger partial charge in [-0.1, -0.05) is 25.0 Å². The van der Waals surface area contributed by atoms with Crippen LogP contribution in [0.4, 0.5) is 0 Å². The number of para-hydroxylation sites is 1. The minimum Gasteiger partial charge on any atom is -0.449 e. The van der Waals surface area contributed by atoms with E-state index in [1.807, 2.05) is 25.1 Å². The molecule has 0 fully saturated rings. The average Bonchev–Trinajstić information content (AvgIpc) is 3.25. The number of rotatable bonds is 6. The third-order valence-electron chi connectivity index (χ3n) is 5.25. The van der Waals surface area contributed by atoms with Crippen molar-refractivity contribution >= 4 is 37.9 Å². The summed E-state index contributed by atoms with van der Waals surface area (Å²) in [5.74, 6) is 1.89. The van der Waals surface area contributed by atoms with Crippen LogP contribution in [-0.2, 0) is 21.2 Å². The van der Waals surface area contributed by atoms with Crippen molar-refractivity contribution in [3.05, 3.63) is 53.6 Å². The summed E-state index contributed by atoms with van der Waals surface area (Å²) < 4.78 is 31.9. The van der Waals surface area contributed by atoms with Crippen LogP contribution in [0.2, 0.25) is 0 Å². The molecule has 9 heteroatoms. The van der Waals surface area contributed by atoms with E-state index in [-0.39, 0.29) is 34.1 Å². The molecule has 0 atom stereocenters. The van der Waals surface area contributed by atoms with E-state index in [0.717, 1.165) is 21.7 Å². The Morgan fingerprint density at radius 1 is 1.18 bits per heavy atom. The molecule has 2 heterocycles. The molecule has 0 aliphatic rings. The summed E-state index contributed by atoms with van der Waals surface area (Å²) in [5.41, 5.74) is 2.95. The zero-order valence-electron chi connectivity index (χ0n) is 18.4. The number of aromatic amines is 1. The molecule has 8 nitrogen and oxygen atoms in total. The van der Waals surface area contributed by atoms with Gasteiger partial charge in [0.05, 0.1) is 16.6 Å². The molecule has 0 unspecified atom stereocenters. The molecule has 0 spiro atoms. The lowest BCUT2D eigenvalue weighted by molar-refractivity contribution is 0.0557. The van der Waals surface area contributed by atoms with Crippen LogP contribution >= 0.6 is 0 Å². The smallest absolute Gasteiger partial charge is 0.341 e. The fourth-order valence-corrected chi connectivity index (χ4v) is 4.53. The Labute approximate surface area is 191 Å². The van der Waals surface area contributed by atoms with E-state index in [4.69, 9.17) is 11.2 Å². The van der Waals surface area contributed by atoms with Crippen molar-refractivity contribution in [1.29, 1.82) is 0 Å². The Kier molecular flexibility index (Phi) is 5.89. The number of nitrogens with one attached hydrogen (secondary N) is 1. The molecule has 0 radical (unpaired) electrons. The third kappa shape index (κ3) is 4.06. The molecule has 4 rings (SSSR count). The minimum atomic E-state index is -3.74. The van der Waals surface area contributed by atoms with E-state index in [1.165, 1.54) is 20.2 Å². The van der Waals surface area contributed by atoms with Crippen molar-refractivity contribution < 1.29 is 17.9 Å². The lowest BCUT2D eigenvalue weighted by Crippen LogP contribution is -2.22. The third-order valence-corrected chi connectivity index (χ3v) is 7.10. The maximum Gasteiger partial charge on any atom is 0.341 e. The van der Waals surface area contributed by atoms with Gasteiger partial charge in [0.15, 0.2) is 12.4 Å². The summed E-state index contributed by atoms with van der Waals surface area (Å²) in [4.78, 5) is 25.2. The number of carbonyl (C=O) groups excluding carboxylic acids is 1. The van der Waals surface area contributed by atoms with Gasteiger partial charge in [-0.05, 0) is 42.3 Å². The number of nitrogens with zero attached hydrogens (tertiary/aromatic N) is 3. The van der Waals surface area contributed by atoms with Crippen molar-refractivity contribution in [1.82, 2.24) is 19.3 Å². The molecule has 1 N–H and O–H groups in total. The van der Waals surface area contributed by atoms with Crippen LogP contribution in [0.1, 0.15) is 22.8 Å². The molecule has 0 aliphatic heterocycles. The Bertz CT molecular complexity index is 1530. The van der Waals surface area contributed by atoms with Crippen molar-refractivity contribution in [3.8, 4) is 23.9 Å². The molecule has 0 bridgehead atoms. The molecule has 0 amide bonds. The molecule has 4 aromatic rings. The van der Waals surface area contributed by atoms with Crippen LogP contribution in [0.3, 0.4) is 0 Å². The SMILES string of the molecule is C#CCOC(=O)c1cc2cc(CC)ccc2nc1-c1nc2c(S(=O)(=O)N(C)C)cccc2[nH]1. The second kappa shape index (κ2) is 8.65. The van der Waals surface area contributed by atoms with Crippen LogP contribution < -0.4 is 0 Å². The quantitative estimate of drug-likeness (QED) is 0.348. The lowest BCUT2D eigenvalue weighted by Gasteiger charge is -2.11. The monoisotopic (exact) mass is 462 g/mol. The second-order valence-electron chi connectivity index (χ2n) is 7.57. The maximum atomic E-state index is 12.8. The normalized spacial score (nSPS) is 11.7. The first-order valence-corrected chi connectivity index (χ1v) is 11.7. The van der Waals surface area contributed by atoms with E-state index >= 15 is 0 Å². The summed E-state index contributed by atoms with van der Waals surface area (Å²) in [5, 5.41) is 0.776. The van der Waals surface area contributed by atoms with Crippen molar-refractivity contribution in [3.63, 3.8) is 0 Å². The zero-order chi connectivity index (χ0) is 23.8. The highest BCUT2D eigenvalue weighted by atomic mass is 32.2. The van der Waals surface area contributed by atoms with Crippen LogP contribution in [-0.4, -0.2) is 54.3 Å². The summed E-state index contributed by atoms with van der Waals surface area (Å²) in [7, 11) is -0.826. The summed E-state index contributed by atoms with van der Waals surface area (Å²) in [6, 6.07) is 12.3. The number of aryl methyl sites for hydroxylation is 1. The molecule has 168 valence electrons. The van der Waals surface area contributed by atoms with Crippen molar-refractivity contribution in [2.75, 3.05) is 20.7 Å². The number of benzene rings is 2. The minimum absolute atomic E-state index is 0.0531. The highest BCUT2D eigenvalue weighted by Gasteiger charge is 2.25. The van der Waals surface area contributed by atoms with E-state index < -0.39 is 16.0 Å². The molecule has 33 heavy (non-hydrogen) atoms. The van der Waals surface area contributed by atoms with Gasteiger partial charge in [-0.15, -0.1) is 6.42 Å². The Balaban J connectivity index is 1.96. The number of fused-ring (bicyclic) bond motifs is 2. The topological polar surface area (TPSA) is 105 Å². The Morgan fingerprint density at radius 3 is 2.67 bits per heavy atom. The number of aromatic nitrogens is 3. The molecule has 2 aromatic carbocycles. The average molecular weight is 463 g/mol. The number of esters is 1. The highest BCUT2D eigenvalue weighted by molar-refractivity contribution is 7.89. The summed E-state index contributed by atoms with van der Waals surface area (Å²) in [6.45, 7) is 1.86. The first-order chi connectivity index (χ1) is 15.8. The second-order valence-corrected chi connectivity index (χ2v) is 9.69. The van der Waals surface area contributed by atoms with Gasteiger partial charge in [-0.3, -0.25) is 0 Å². The van der Waals surface area contributed by atoms with Crippen LogP contribution in [0.5, 0.6) is 0 Å². The fraction of sp³-hybridized carbons (Fsp3) is 0.208. The van der Waals surface area contributed by atoms with E-state index in [0.29, 0.717) is 11.0 Å². The first-order valence-electron chi connectivity index (χ1n) is 10.2. The standard InChI is InChI=1S/C24H22N4O4S/c1-5-12-32-24(29)17-14-16-13-15(6-2)10-11-18(16)25-21(17)23-26-19-8-7-9-20(22(19)27-23)33(30,31)28(3)4/h1,7-11,13-14H,6,12H2,2-4H3,(H,26,27). The van der Waals surface area contributed by atoms with Crippen molar-refractivity contribution in [2.45, 2.75) is 18.2 Å². The van der Waals surface area contributed by atoms with Gasteiger partial charge in [0.1, 0.15) is 16.1 Å². The summed E-state index contributed by atoms with van der Waals surface area (Å²) in [6.07, 6.45) is 6.08. The van der Waals surface area contributed by atoms with E-state index in [1.54, 1.807) is 18.2 Å². The Morgan fingerprint density at radius 2 is 1.97 bits per heavy atom. The van der Waals surface area contributed by atoms with Crippen LogP contribution in [0.15, 0.2) is 47.4 Å². The molecule has 0 aliphatic carbocycles. The number of sulfonamides is 1. The number of H-pyrrole nitrogens is 1. The number of imidazole rings is 1. The van der Waals surface area contributed by atoms with Gasteiger partial charge in [-0.2, -0.15) is 0 Å². The summed E-state index contributed by atoms with van der Waals surface area (Å²) >= 11 is 0. The molecular weight excluding hydrogens is 440 g/mol. The number of pyridine rings is 1. The lowest BCUT2D eigenvalue weighted by atomic mass is 10.1. The van der Waals surface area contributed by atoms with Crippen molar-refractivity contribution in [2.24, 2.45) is 0 Å². The predicted molar refractivity (Wildman–Crippen MR) is 126 cm³/mol. The van der Waals surface area contributed by atoms with Gasteiger partial charge in [-0.25, -0.2) is 27.5 Å². The highest BCUT2D eigenvalue weighted by Crippen LogP contribution is 2.30. The molecule has 2 aromatic heterocycles. The fourth-order valence-electron chi connectivity index (χ4n) is 3.49. The number of carbonyl (C=O) groups is 1. The van der Waals surface area contributed by atoms with E-state index in [9.17, 15) is 13.2 Å². The predicted octanol–water partition coefficient (Wildman–Crippen LogP) is 3.38. The number of ether oxygens (including phenoxy) is 1. The van der Waals surface area contributed by atoms with Crippen LogP contribution in [0.25, 0.3) is 33.5 Å². The first kappa shape index (κ1) is 22.5. The van der Waals surface area contributed by atoms with Gasteiger partial charge in [0.2, 0.25) is 10.0 Å². The van der Waals surface area contributed by atoms with E-state index in [2.05, 4.69) is 20.9 Å². The molecular formula is C24H22N4O4S. The molecule has 0 saturated heterocycles. The van der Waals surface area contributed by atoms with Gasteiger partial charge < -0.3 is 9.72 Å². The van der Waals surface area contributed by atoms with Crippen LogP contribution in [0, 0.1) is 12.3 Å². The zero-order valence-corrected chi connectivity index (χ0v) is 19.2. The molecule has 0 saturated carbocycles. The van der Waals surface area contributed by atoms with Gasteiger partial charge in [0.25, 0.3) is 0 Å². The van der Waals surface area contributed by atoms with Gasteiger partial charge in [0, 0.05) is 19.5 Å². The largest absolute Gasteiger partial charge is 0.449 e. The number of hydrogen-bond donors (Lipinski definition) is 1.